The fraction of sp³-hybridized carbons (Fsp3) is 0.857. The number of hydrogen-bond donors (Lipinski definition) is 2. The van der Waals surface area contributed by atoms with Crippen LogP contribution in [0.3, 0.4) is 0 Å². The van der Waals surface area contributed by atoms with Crippen molar-refractivity contribution in [1.82, 2.24) is 4.90 Å². The molecule has 4 N–H and O–H groups in total. The molecular weight excluding hydrogens is 242 g/mol. The summed E-state index contributed by atoms with van der Waals surface area (Å²) in [5.74, 6) is -1.62. The number of amides is 2. The Bertz CT molecular complexity index is 320. The molecule has 19 heavy (non-hydrogen) atoms. The first-order valence-corrected chi connectivity index (χ1v) is 7.35. The summed E-state index contributed by atoms with van der Waals surface area (Å²) in [6.45, 7) is 5.75. The van der Waals surface area contributed by atoms with Gasteiger partial charge in [-0.05, 0) is 19.4 Å². The Hall–Kier alpha value is -1.10. The summed E-state index contributed by atoms with van der Waals surface area (Å²) >= 11 is 0. The van der Waals surface area contributed by atoms with E-state index in [9.17, 15) is 9.59 Å². The summed E-state index contributed by atoms with van der Waals surface area (Å²) in [4.78, 5) is 25.5. The molecule has 0 saturated carbocycles. The molecule has 1 aliphatic heterocycles. The van der Waals surface area contributed by atoms with Gasteiger partial charge in [0, 0.05) is 12.6 Å². The number of nitrogens with zero attached hydrogens (tertiary/aromatic N) is 1. The molecule has 0 spiro atoms. The van der Waals surface area contributed by atoms with Crippen LogP contribution >= 0.6 is 0 Å². The van der Waals surface area contributed by atoms with E-state index in [1.165, 1.54) is 0 Å². The topological polar surface area (TPSA) is 89.4 Å². The first kappa shape index (κ1) is 16.0. The lowest BCUT2D eigenvalue weighted by Gasteiger charge is -2.26. The van der Waals surface area contributed by atoms with Gasteiger partial charge in [-0.3, -0.25) is 14.5 Å². The van der Waals surface area contributed by atoms with Crippen LogP contribution < -0.4 is 11.5 Å². The normalized spacial score (nSPS) is 27.6. The van der Waals surface area contributed by atoms with Crippen molar-refractivity contribution in [2.24, 2.45) is 23.3 Å². The molecule has 3 unspecified atom stereocenters. The first-order valence-electron chi connectivity index (χ1n) is 7.35. The van der Waals surface area contributed by atoms with Crippen molar-refractivity contribution in [2.45, 2.75) is 52.0 Å². The molecule has 3 atom stereocenters. The van der Waals surface area contributed by atoms with Gasteiger partial charge in [0.1, 0.15) is 0 Å². The van der Waals surface area contributed by atoms with Gasteiger partial charge in [0.25, 0.3) is 0 Å². The van der Waals surface area contributed by atoms with Crippen LogP contribution in [0.4, 0.5) is 0 Å². The van der Waals surface area contributed by atoms with Crippen LogP contribution in [0.2, 0.25) is 0 Å². The monoisotopic (exact) mass is 269 g/mol. The van der Waals surface area contributed by atoms with Gasteiger partial charge in [-0.2, -0.15) is 0 Å². The zero-order valence-electron chi connectivity index (χ0n) is 12.1. The van der Waals surface area contributed by atoms with Crippen LogP contribution in [0.25, 0.3) is 0 Å². The lowest BCUT2D eigenvalue weighted by Crippen LogP contribution is -2.41. The Morgan fingerprint density at radius 3 is 2.21 bits per heavy atom. The van der Waals surface area contributed by atoms with E-state index in [0.29, 0.717) is 6.54 Å². The Morgan fingerprint density at radius 2 is 1.74 bits per heavy atom. The zero-order valence-corrected chi connectivity index (χ0v) is 12.1. The molecule has 1 rings (SSSR count). The lowest BCUT2D eigenvalue weighted by atomic mass is 9.87. The molecular formula is C14H27N3O2. The van der Waals surface area contributed by atoms with Crippen molar-refractivity contribution in [2.75, 3.05) is 13.1 Å². The number of primary amides is 2. The van der Waals surface area contributed by atoms with E-state index < -0.39 is 17.7 Å². The molecule has 1 fully saturated rings. The number of likely N-dealkylation sites (tertiary alicyclic amines) is 1. The number of rotatable bonds is 8. The molecule has 0 aliphatic carbocycles. The second-order valence-corrected chi connectivity index (χ2v) is 5.50. The number of carbonyl (C=O) groups excluding carboxylic acids is 2. The van der Waals surface area contributed by atoms with E-state index in [-0.39, 0.29) is 11.9 Å². The molecule has 1 aliphatic rings. The maximum atomic E-state index is 11.7. The second-order valence-electron chi connectivity index (χ2n) is 5.50. The van der Waals surface area contributed by atoms with Crippen LogP contribution in [-0.4, -0.2) is 35.8 Å². The molecule has 5 nitrogen and oxygen atoms in total. The standard InChI is InChI=1S/C14H27N3O2/c1-3-5-7-11-12(14(16)19)10(13(15)18)9-17(11)8-6-4-2/h10-12H,3-9H2,1-2H3,(H2,15,18)(H2,16,19). The third kappa shape index (κ3) is 3.93. The fourth-order valence-corrected chi connectivity index (χ4v) is 3.05. The van der Waals surface area contributed by atoms with Crippen molar-refractivity contribution in [1.29, 1.82) is 0 Å². The van der Waals surface area contributed by atoms with E-state index in [0.717, 1.165) is 38.6 Å². The zero-order chi connectivity index (χ0) is 14.4. The number of hydrogen-bond acceptors (Lipinski definition) is 3. The number of nitrogens with two attached hydrogens (primary N) is 2. The predicted octanol–water partition coefficient (Wildman–Crippen LogP) is 0.864. The van der Waals surface area contributed by atoms with Crippen LogP contribution in [0, 0.1) is 11.8 Å². The van der Waals surface area contributed by atoms with Gasteiger partial charge in [-0.25, -0.2) is 0 Å². The Labute approximate surface area is 115 Å². The molecule has 0 bridgehead atoms. The smallest absolute Gasteiger partial charge is 0.222 e. The van der Waals surface area contributed by atoms with E-state index >= 15 is 0 Å². The van der Waals surface area contributed by atoms with Gasteiger partial charge in [0.05, 0.1) is 11.8 Å². The Balaban J connectivity index is 2.85. The summed E-state index contributed by atoms with van der Waals surface area (Å²) in [5, 5.41) is 0. The van der Waals surface area contributed by atoms with Gasteiger partial charge < -0.3 is 11.5 Å². The van der Waals surface area contributed by atoms with Gasteiger partial charge in [0.2, 0.25) is 11.8 Å². The quantitative estimate of drug-likeness (QED) is 0.685. The highest BCUT2D eigenvalue weighted by Crippen LogP contribution is 2.33. The highest BCUT2D eigenvalue weighted by atomic mass is 16.2. The highest BCUT2D eigenvalue weighted by molar-refractivity contribution is 5.87. The molecule has 0 aromatic carbocycles. The highest BCUT2D eigenvalue weighted by Gasteiger charge is 2.46. The minimum atomic E-state index is -0.420. The SMILES string of the molecule is CCCCC1C(C(N)=O)C(C(N)=O)CN1CCCC. The van der Waals surface area contributed by atoms with E-state index in [1.807, 2.05) is 0 Å². The molecule has 2 amide bonds. The van der Waals surface area contributed by atoms with Crippen molar-refractivity contribution < 1.29 is 9.59 Å². The molecule has 110 valence electrons. The van der Waals surface area contributed by atoms with Crippen molar-refractivity contribution in [3.8, 4) is 0 Å². The van der Waals surface area contributed by atoms with Gasteiger partial charge in [-0.15, -0.1) is 0 Å². The first-order chi connectivity index (χ1) is 9.02. The largest absolute Gasteiger partial charge is 0.369 e. The minimum absolute atomic E-state index is 0.0847. The predicted molar refractivity (Wildman–Crippen MR) is 75.2 cm³/mol. The summed E-state index contributed by atoms with van der Waals surface area (Å²) < 4.78 is 0. The van der Waals surface area contributed by atoms with Crippen LogP contribution in [-0.2, 0) is 9.59 Å². The Kier molecular flexibility index (Phi) is 6.28. The molecule has 1 heterocycles. The Morgan fingerprint density at radius 1 is 1.11 bits per heavy atom. The number of carbonyl (C=O) groups is 2. The van der Waals surface area contributed by atoms with Crippen molar-refractivity contribution >= 4 is 11.8 Å². The average Bonchev–Trinajstić information content (AvgIpc) is 2.72. The van der Waals surface area contributed by atoms with Crippen molar-refractivity contribution in [3.63, 3.8) is 0 Å². The molecule has 0 radical (unpaired) electrons. The van der Waals surface area contributed by atoms with Crippen LogP contribution in [0.1, 0.15) is 46.0 Å². The molecule has 1 saturated heterocycles. The summed E-state index contributed by atoms with van der Waals surface area (Å²) in [6, 6.07) is 0.0847. The van der Waals surface area contributed by atoms with Crippen molar-refractivity contribution in [3.05, 3.63) is 0 Å². The van der Waals surface area contributed by atoms with E-state index in [4.69, 9.17) is 11.5 Å². The molecule has 5 heteroatoms. The summed E-state index contributed by atoms with van der Waals surface area (Å²) in [7, 11) is 0. The fourth-order valence-electron chi connectivity index (χ4n) is 3.05. The van der Waals surface area contributed by atoms with Gasteiger partial charge >= 0.3 is 0 Å². The maximum absolute atomic E-state index is 11.7. The number of unbranched alkanes of at least 4 members (excludes halogenated alkanes) is 2. The maximum Gasteiger partial charge on any atom is 0.222 e. The van der Waals surface area contributed by atoms with E-state index in [1.54, 1.807) is 0 Å². The van der Waals surface area contributed by atoms with Gasteiger partial charge in [-0.1, -0.05) is 33.1 Å². The molecule has 0 aromatic rings. The van der Waals surface area contributed by atoms with Gasteiger partial charge in [0.15, 0.2) is 0 Å². The third-order valence-electron chi connectivity index (χ3n) is 4.09. The third-order valence-corrected chi connectivity index (χ3v) is 4.09. The average molecular weight is 269 g/mol. The van der Waals surface area contributed by atoms with Crippen LogP contribution in [0.5, 0.6) is 0 Å². The summed E-state index contributed by atoms with van der Waals surface area (Å²) in [6.07, 6.45) is 5.20. The van der Waals surface area contributed by atoms with Crippen LogP contribution in [0.15, 0.2) is 0 Å². The molecule has 0 aromatic heterocycles. The van der Waals surface area contributed by atoms with E-state index in [2.05, 4.69) is 18.7 Å². The summed E-state index contributed by atoms with van der Waals surface area (Å²) in [5.41, 5.74) is 10.9. The second kappa shape index (κ2) is 7.48. The lowest BCUT2D eigenvalue weighted by molar-refractivity contribution is -0.130. The minimum Gasteiger partial charge on any atom is -0.369 e.